The number of amides is 2. The summed E-state index contributed by atoms with van der Waals surface area (Å²) in [6.07, 6.45) is 1.51. The number of ether oxygens (including phenoxy) is 4. The molecule has 9 nitrogen and oxygen atoms in total. The molecule has 0 saturated heterocycles. The molecular weight excluding hydrogens is 524 g/mol. The number of pyridine rings is 1. The Hall–Kier alpha value is -4.64. The summed E-state index contributed by atoms with van der Waals surface area (Å²) < 4.78 is 51.5. The molecule has 11 heteroatoms. The Morgan fingerprint density at radius 3 is 2.48 bits per heavy atom. The van der Waals surface area contributed by atoms with Gasteiger partial charge in [-0.05, 0) is 49.7 Å². The summed E-state index contributed by atoms with van der Waals surface area (Å²) in [4.78, 5) is 16.6. The Labute approximate surface area is 228 Å². The van der Waals surface area contributed by atoms with Crippen LogP contribution in [0, 0.1) is 11.6 Å². The van der Waals surface area contributed by atoms with Gasteiger partial charge in [0, 0.05) is 30.6 Å². The smallest absolute Gasteiger partial charge is 0.319 e. The van der Waals surface area contributed by atoms with Crippen molar-refractivity contribution in [3.05, 3.63) is 78.0 Å². The van der Waals surface area contributed by atoms with Gasteiger partial charge in [-0.2, -0.15) is 0 Å². The molecule has 0 aliphatic carbocycles. The highest BCUT2D eigenvalue weighted by molar-refractivity contribution is 5.95. The van der Waals surface area contributed by atoms with Crippen molar-refractivity contribution in [2.75, 3.05) is 25.1 Å². The Balaban J connectivity index is 1.34. The second-order valence-electron chi connectivity index (χ2n) is 9.72. The van der Waals surface area contributed by atoms with Gasteiger partial charge >= 0.3 is 6.03 Å². The van der Waals surface area contributed by atoms with Crippen molar-refractivity contribution in [3.8, 4) is 28.7 Å². The highest BCUT2D eigenvalue weighted by atomic mass is 19.1. The van der Waals surface area contributed by atoms with E-state index in [9.17, 15) is 14.3 Å². The van der Waals surface area contributed by atoms with Gasteiger partial charge in [-0.3, -0.25) is 4.98 Å². The van der Waals surface area contributed by atoms with Gasteiger partial charge in [0.05, 0.1) is 16.5 Å². The van der Waals surface area contributed by atoms with Crippen molar-refractivity contribution in [2.24, 2.45) is 0 Å². The van der Waals surface area contributed by atoms with Crippen molar-refractivity contribution in [2.45, 2.75) is 26.0 Å². The Bertz CT molecular complexity index is 1540. The molecule has 5 rings (SSSR count). The fourth-order valence-corrected chi connectivity index (χ4v) is 3.96. The van der Waals surface area contributed by atoms with E-state index in [4.69, 9.17) is 18.9 Å². The van der Waals surface area contributed by atoms with E-state index >= 15 is 4.39 Å². The minimum absolute atomic E-state index is 0.0142. The fraction of sp³-hybridized carbons (Fsp3) is 0.241. The Kier molecular flexibility index (Phi) is 7.56. The first-order chi connectivity index (χ1) is 19.2. The molecule has 3 N–H and O–H groups in total. The number of halogens is 2. The first-order valence-corrected chi connectivity index (χ1v) is 12.5. The van der Waals surface area contributed by atoms with Crippen LogP contribution >= 0.6 is 0 Å². The lowest BCUT2D eigenvalue weighted by molar-refractivity contribution is 0.0265. The van der Waals surface area contributed by atoms with Gasteiger partial charge in [-0.15, -0.1) is 0 Å². The third-order valence-corrected chi connectivity index (χ3v) is 5.80. The molecule has 0 unspecified atom stereocenters. The summed E-state index contributed by atoms with van der Waals surface area (Å²) in [7, 11) is 0. The number of hydrogen-bond donors (Lipinski definition) is 3. The van der Waals surface area contributed by atoms with E-state index in [0.717, 1.165) is 6.07 Å². The minimum atomic E-state index is -1.07. The zero-order chi connectivity index (χ0) is 28.3. The number of urea groups is 1. The van der Waals surface area contributed by atoms with E-state index in [1.54, 1.807) is 38.1 Å². The van der Waals surface area contributed by atoms with Crippen molar-refractivity contribution in [3.63, 3.8) is 0 Å². The van der Waals surface area contributed by atoms with Crippen LogP contribution in [0.25, 0.3) is 10.9 Å². The molecule has 1 aliphatic heterocycles. The number of aromatic nitrogens is 1. The second kappa shape index (κ2) is 11.2. The van der Waals surface area contributed by atoms with E-state index in [-0.39, 0.29) is 42.8 Å². The molecule has 0 bridgehead atoms. The van der Waals surface area contributed by atoms with Gasteiger partial charge in [0.1, 0.15) is 31.4 Å². The number of fused-ring (bicyclic) bond motifs is 3. The SMILES string of the molecule is CC(C)(O)COc1cc2nccc(Oc3ccc(NC(=O)NCc4ccc(F)cc4)cc3F)c2c2c1OCCO2. The lowest BCUT2D eigenvalue weighted by Crippen LogP contribution is -2.28. The molecule has 3 aromatic carbocycles. The lowest BCUT2D eigenvalue weighted by Gasteiger charge is -2.25. The normalized spacial score (nSPS) is 12.6. The first-order valence-electron chi connectivity index (χ1n) is 12.5. The van der Waals surface area contributed by atoms with Gasteiger partial charge in [0.15, 0.2) is 23.1 Å². The van der Waals surface area contributed by atoms with Crippen molar-refractivity contribution in [1.29, 1.82) is 0 Å². The number of nitrogens with one attached hydrogen (secondary N) is 2. The third-order valence-electron chi connectivity index (χ3n) is 5.80. The number of hydrogen-bond acceptors (Lipinski definition) is 7. The Morgan fingerprint density at radius 1 is 1.00 bits per heavy atom. The van der Waals surface area contributed by atoms with Crippen molar-refractivity contribution in [1.82, 2.24) is 10.3 Å². The monoisotopic (exact) mass is 551 g/mol. The average Bonchev–Trinajstić information content (AvgIpc) is 2.92. The van der Waals surface area contributed by atoms with Crippen LogP contribution in [0.1, 0.15) is 19.4 Å². The summed E-state index contributed by atoms with van der Waals surface area (Å²) in [5.41, 5.74) is 0.314. The maximum Gasteiger partial charge on any atom is 0.319 e. The molecule has 2 heterocycles. The molecule has 4 aromatic rings. The van der Waals surface area contributed by atoms with E-state index in [0.29, 0.717) is 40.3 Å². The molecule has 0 spiro atoms. The molecule has 1 aromatic heterocycles. The molecule has 0 fully saturated rings. The summed E-state index contributed by atoms with van der Waals surface area (Å²) in [6.45, 7) is 4.01. The molecule has 0 radical (unpaired) electrons. The van der Waals surface area contributed by atoms with Crippen LogP contribution in [-0.4, -0.2) is 41.5 Å². The predicted octanol–water partition coefficient (Wildman–Crippen LogP) is 5.55. The standard InChI is InChI=1S/C29H27F2N3O6/c1-29(2,36)16-39-24-14-21-25(27-26(24)37-11-12-38-27)23(9-10-32-21)40-22-8-7-19(13-20(22)31)34-28(35)33-15-17-3-5-18(30)6-4-17/h3-10,13-14,36H,11-12,15-16H2,1-2H3,(H2,33,34,35). The van der Waals surface area contributed by atoms with Crippen LogP contribution in [0.4, 0.5) is 19.3 Å². The topological polar surface area (TPSA) is 111 Å². The van der Waals surface area contributed by atoms with E-state index in [1.807, 2.05) is 0 Å². The van der Waals surface area contributed by atoms with Crippen LogP contribution in [0.3, 0.4) is 0 Å². The maximum atomic E-state index is 15.0. The molecule has 0 saturated carbocycles. The minimum Gasteiger partial charge on any atom is -0.486 e. The number of benzene rings is 3. The lowest BCUT2D eigenvalue weighted by atomic mass is 10.1. The van der Waals surface area contributed by atoms with Gasteiger partial charge in [0.2, 0.25) is 5.75 Å². The first kappa shape index (κ1) is 26.9. The summed E-state index contributed by atoms with van der Waals surface area (Å²) in [5.74, 6) is 0.148. The second-order valence-corrected chi connectivity index (χ2v) is 9.72. The largest absolute Gasteiger partial charge is 0.486 e. The molecule has 2 amide bonds. The van der Waals surface area contributed by atoms with Crippen LogP contribution in [0.2, 0.25) is 0 Å². The molecular formula is C29H27F2N3O6. The van der Waals surface area contributed by atoms with E-state index < -0.39 is 17.4 Å². The third kappa shape index (κ3) is 6.32. The van der Waals surface area contributed by atoms with Gasteiger partial charge in [0.25, 0.3) is 0 Å². The number of nitrogens with zero attached hydrogens (tertiary/aromatic N) is 1. The molecule has 40 heavy (non-hydrogen) atoms. The van der Waals surface area contributed by atoms with Crippen LogP contribution in [0.5, 0.6) is 28.7 Å². The Morgan fingerprint density at radius 2 is 1.75 bits per heavy atom. The van der Waals surface area contributed by atoms with Gasteiger partial charge < -0.3 is 34.7 Å². The predicted molar refractivity (Wildman–Crippen MR) is 143 cm³/mol. The number of rotatable bonds is 8. The molecule has 1 aliphatic rings. The zero-order valence-electron chi connectivity index (χ0n) is 21.8. The van der Waals surface area contributed by atoms with Crippen molar-refractivity contribution < 1.29 is 37.6 Å². The summed E-state index contributed by atoms with van der Waals surface area (Å²) >= 11 is 0. The maximum absolute atomic E-state index is 15.0. The molecule has 208 valence electrons. The van der Waals surface area contributed by atoms with Gasteiger partial charge in [-0.1, -0.05) is 12.1 Å². The number of anilines is 1. The highest BCUT2D eigenvalue weighted by Gasteiger charge is 2.26. The van der Waals surface area contributed by atoms with E-state index in [2.05, 4.69) is 15.6 Å². The number of carbonyl (C=O) groups is 1. The van der Waals surface area contributed by atoms with Crippen LogP contribution in [-0.2, 0) is 6.54 Å². The van der Waals surface area contributed by atoms with Crippen molar-refractivity contribution >= 4 is 22.6 Å². The average molecular weight is 552 g/mol. The number of carbonyl (C=O) groups excluding carboxylic acids is 1. The summed E-state index contributed by atoms with van der Waals surface area (Å²) in [6, 6.07) is 12.4. The highest BCUT2D eigenvalue weighted by Crippen LogP contribution is 2.48. The van der Waals surface area contributed by atoms with Crippen LogP contribution in [0.15, 0.2) is 60.8 Å². The fourth-order valence-electron chi connectivity index (χ4n) is 3.96. The molecule has 0 atom stereocenters. The summed E-state index contributed by atoms with van der Waals surface area (Å²) in [5, 5.41) is 15.7. The number of aliphatic hydroxyl groups is 1. The quantitative estimate of drug-likeness (QED) is 0.263. The van der Waals surface area contributed by atoms with Gasteiger partial charge in [-0.25, -0.2) is 13.6 Å². The van der Waals surface area contributed by atoms with E-state index in [1.165, 1.54) is 30.5 Å². The van der Waals surface area contributed by atoms with Crippen LogP contribution < -0.4 is 29.6 Å². The zero-order valence-corrected chi connectivity index (χ0v) is 21.8.